The number of hydrogen-bond acceptors (Lipinski definition) is 2. The van der Waals surface area contributed by atoms with E-state index in [9.17, 15) is 9.18 Å². The van der Waals surface area contributed by atoms with Crippen LogP contribution in [-0.2, 0) is 4.79 Å². The highest BCUT2D eigenvalue weighted by molar-refractivity contribution is 6.31. The molecule has 19 heavy (non-hydrogen) atoms. The Hall–Kier alpha value is -1.13. The Kier molecular flexibility index (Phi) is 4.42. The Balaban J connectivity index is 2.50. The number of nitrogens with two attached hydrogens (primary N) is 1. The van der Waals surface area contributed by atoms with Crippen LogP contribution in [0.5, 0.6) is 0 Å². The third kappa shape index (κ3) is 2.74. The summed E-state index contributed by atoms with van der Waals surface area (Å²) in [5.74, 6) is -0.388. The van der Waals surface area contributed by atoms with Gasteiger partial charge in [0, 0.05) is 29.6 Å². The largest absolute Gasteiger partial charge is 0.334 e. The maximum Gasteiger partial charge on any atom is 0.223 e. The van der Waals surface area contributed by atoms with Crippen molar-refractivity contribution in [2.45, 2.75) is 38.3 Å². The molecule has 1 saturated heterocycles. The monoisotopic (exact) mass is 284 g/mol. The van der Waals surface area contributed by atoms with Gasteiger partial charge >= 0.3 is 0 Å². The molecule has 1 fully saturated rings. The molecule has 1 aromatic carbocycles. The highest BCUT2D eigenvalue weighted by atomic mass is 35.5. The number of rotatable bonds is 2. The summed E-state index contributed by atoms with van der Waals surface area (Å²) in [5.41, 5.74) is 6.50. The molecule has 1 amide bonds. The van der Waals surface area contributed by atoms with E-state index in [1.165, 1.54) is 6.07 Å². The SMILES string of the molecule is CCN1C(=O)CCCC(N)C1c1c(F)cccc1Cl. The van der Waals surface area contributed by atoms with Gasteiger partial charge in [-0.25, -0.2) is 4.39 Å². The molecule has 2 rings (SSSR count). The van der Waals surface area contributed by atoms with Crippen molar-refractivity contribution in [3.63, 3.8) is 0 Å². The van der Waals surface area contributed by atoms with Crippen LogP contribution in [0, 0.1) is 5.82 Å². The number of likely N-dealkylation sites (N-methyl/N-ethyl adjacent to an activating group) is 1. The Morgan fingerprint density at radius 2 is 2.26 bits per heavy atom. The van der Waals surface area contributed by atoms with Gasteiger partial charge in [-0.2, -0.15) is 0 Å². The highest BCUT2D eigenvalue weighted by Crippen LogP contribution is 2.35. The molecule has 1 aliphatic rings. The van der Waals surface area contributed by atoms with Crippen LogP contribution < -0.4 is 5.73 Å². The van der Waals surface area contributed by atoms with Crippen molar-refractivity contribution in [2.24, 2.45) is 5.73 Å². The molecule has 0 saturated carbocycles. The number of likely N-dealkylation sites (tertiary alicyclic amines) is 1. The molecule has 1 aliphatic heterocycles. The van der Waals surface area contributed by atoms with Crippen LogP contribution in [0.4, 0.5) is 4.39 Å². The molecular weight excluding hydrogens is 267 g/mol. The van der Waals surface area contributed by atoms with Gasteiger partial charge in [0.25, 0.3) is 0 Å². The summed E-state index contributed by atoms with van der Waals surface area (Å²) in [4.78, 5) is 13.7. The summed E-state index contributed by atoms with van der Waals surface area (Å²) < 4.78 is 14.1. The number of halogens is 2. The lowest BCUT2D eigenvalue weighted by atomic mass is 9.95. The van der Waals surface area contributed by atoms with Gasteiger partial charge < -0.3 is 10.6 Å². The van der Waals surface area contributed by atoms with E-state index in [0.29, 0.717) is 30.0 Å². The van der Waals surface area contributed by atoms with E-state index < -0.39 is 11.9 Å². The fraction of sp³-hybridized carbons (Fsp3) is 0.500. The van der Waals surface area contributed by atoms with Gasteiger partial charge in [-0.15, -0.1) is 0 Å². The molecule has 2 unspecified atom stereocenters. The first-order chi connectivity index (χ1) is 9.06. The lowest BCUT2D eigenvalue weighted by molar-refractivity contribution is -0.133. The van der Waals surface area contributed by atoms with Crippen LogP contribution in [0.2, 0.25) is 5.02 Å². The minimum Gasteiger partial charge on any atom is -0.334 e. The van der Waals surface area contributed by atoms with E-state index in [4.69, 9.17) is 17.3 Å². The fourth-order valence-electron chi connectivity index (χ4n) is 2.71. The predicted octanol–water partition coefficient (Wildman–Crippen LogP) is 2.88. The lowest BCUT2D eigenvalue weighted by Crippen LogP contribution is -2.42. The molecule has 0 spiro atoms. The summed E-state index contributed by atoms with van der Waals surface area (Å²) in [5, 5.41) is 0.327. The first-order valence-electron chi connectivity index (χ1n) is 6.55. The van der Waals surface area contributed by atoms with Crippen LogP contribution >= 0.6 is 11.6 Å². The Labute approximate surface area is 117 Å². The third-order valence-electron chi connectivity index (χ3n) is 3.63. The van der Waals surface area contributed by atoms with Gasteiger partial charge in [0.1, 0.15) is 5.82 Å². The van der Waals surface area contributed by atoms with Crippen molar-refractivity contribution in [1.29, 1.82) is 0 Å². The Morgan fingerprint density at radius 3 is 2.89 bits per heavy atom. The van der Waals surface area contributed by atoms with Crippen molar-refractivity contribution in [1.82, 2.24) is 4.90 Å². The number of amides is 1. The highest BCUT2D eigenvalue weighted by Gasteiger charge is 2.34. The zero-order chi connectivity index (χ0) is 14.0. The minimum atomic E-state index is -0.478. The zero-order valence-electron chi connectivity index (χ0n) is 10.9. The summed E-state index contributed by atoms with van der Waals surface area (Å²) >= 11 is 6.12. The predicted molar refractivity (Wildman–Crippen MR) is 73.4 cm³/mol. The second-order valence-electron chi connectivity index (χ2n) is 4.82. The van der Waals surface area contributed by atoms with Crippen molar-refractivity contribution in [2.75, 3.05) is 6.54 Å². The first kappa shape index (κ1) is 14.3. The second-order valence-corrected chi connectivity index (χ2v) is 5.22. The van der Waals surface area contributed by atoms with E-state index in [1.807, 2.05) is 6.92 Å². The smallest absolute Gasteiger partial charge is 0.223 e. The third-order valence-corrected chi connectivity index (χ3v) is 3.96. The molecule has 0 aromatic heterocycles. The maximum atomic E-state index is 14.1. The number of hydrogen-bond donors (Lipinski definition) is 1. The first-order valence-corrected chi connectivity index (χ1v) is 6.93. The second kappa shape index (κ2) is 5.88. The van der Waals surface area contributed by atoms with Crippen LogP contribution in [-0.4, -0.2) is 23.4 Å². The Bertz CT molecular complexity index is 460. The van der Waals surface area contributed by atoms with Gasteiger partial charge in [0.15, 0.2) is 0 Å². The normalized spacial score (nSPS) is 24.4. The molecule has 0 bridgehead atoms. The average Bonchev–Trinajstić information content (AvgIpc) is 2.49. The quantitative estimate of drug-likeness (QED) is 0.908. The summed E-state index contributed by atoms with van der Waals surface area (Å²) in [6.45, 7) is 2.37. The molecule has 2 N–H and O–H groups in total. The molecule has 1 heterocycles. The molecule has 1 aromatic rings. The average molecular weight is 285 g/mol. The molecule has 0 aliphatic carbocycles. The number of carbonyl (C=O) groups is 1. The van der Waals surface area contributed by atoms with Crippen LogP contribution in [0.25, 0.3) is 0 Å². The van der Waals surface area contributed by atoms with E-state index >= 15 is 0 Å². The molecule has 104 valence electrons. The van der Waals surface area contributed by atoms with E-state index in [-0.39, 0.29) is 11.9 Å². The van der Waals surface area contributed by atoms with Crippen molar-refractivity contribution >= 4 is 17.5 Å². The maximum absolute atomic E-state index is 14.1. The molecule has 3 nitrogen and oxygen atoms in total. The number of carbonyl (C=O) groups excluding carboxylic acids is 1. The molecular formula is C14H18ClFN2O. The Morgan fingerprint density at radius 1 is 1.53 bits per heavy atom. The standard InChI is InChI=1S/C14H18ClFN2O/c1-2-18-12(19)8-4-7-11(17)14(18)13-9(15)5-3-6-10(13)16/h3,5-6,11,14H,2,4,7-8,17H2,1H3. The van der Waals surface area contributed by atoms with E-state index in [0.717, 1.165) is 6.42 Å². The molecule has 0 radical (unpaired) electrons. The van der Waals surface area contributed by atoms with Crippen molar-refractivity contribution in [3.8, 4) is 0 Å². The fourth-order valence-corrected chi connectivity index (χ4v) is 2.99. The van der Waals surface area contributed by atoms with E-state index in [1.54, 1.807) is 17.0 Å². The number of nitrogens with zero attached hydrogens (tertiary/aromatic N) is 1. The lowest BCUT2D eigenvalue weighted by Gasteiger charge is -2.33. The van der Waals surface area contributed by atoms with Gasteiger partial charge in [-0.05, 0) is 31.9 Å². The van der Waals surface area contributed by atoms with E-state index in [2.05, 4.69) is 0 Å². The van der Waals surface area contributed by atoms with Crippen molar-refractivity contribution in [3.05, 3.63) is 34.6 Å². The summed E-state index contributed by atoms with van der Waals surface area (Å²) in [6, 6.07) is 3.78. The zero-order valence-corrected chi connectivity index (χ0v) is 11.7. The topological polar surface area (TPSA) is 46.3 Å². The van der Waals surface area contributed by atoms with Gasteiger partial charge in [-0.3, -0.25) is 4.79 Å². The van der Waals surface area contributed by atoms with Crippen molar-refractivity contribution < 1.29 is 9.18 Å². The summed E-state index contributed by atoms with van der Waals surface area (Å²) in [6.07, 6.45) is 1.89. The van der Waals surface area contributed by atoms with Gasteiger partial charge in [-0.1, -0.05) is 17.7 Å². The summed E-state index contributed by atoms with van der Waals surface area (Å²) in [7, 11) is 0. The van der Waals surface area contributed by atoms with Gasteiger partial charge in [0.2, 0.25) is 5.91 Å². The number of benzene rings is 1. The molecule has 2 atom stereocenters. The van der Waals surface area contributed by atoms with Crippen LogP contribution in [0.1, 0.15) is 37.8 Å². The van der Waals surface area contributed by atoms with Gasteiger partial charge in [0.05, 0.1) is 6.04 Å². The molecule has 5 heteroatoms. The van der Waals surface area contributed by atoms with Crippen LogP contribution in [0.3, 0.4) is 0 Å². The minimum absolute atomic E-state index is 0.0137. The van der Waals surface area contributed by atoms with Crippen LogP contribution in [0.15, 0.2) is 18.2 Å².